The highest BCUT2D eigenvalue weighted by molar-refractivity contribution is 5.26. The van der Waals surface area contributed by atoms with Crippen LogP contribution in [0.2, 0.25) is 0 Å². The smallest absolute Gasteiger partial charge is 0.187 e. The molecule has 9 aliphatic rings. The van der Waals surface area contributed by atoms with E-state index in [4.69, 9.17) is 37.9 Å². The molecule has 4 aliphatic carbocycles. The Morgan fingerprint density at radius 2 is 1.41 bits per heavy atom. The summed E-state index contributed by atoms with van der Waals surface area (Å²) in [4.78, 5) is 0. The van der Waals surface area contributed by atoms with Gasteiger partial charge in [0, 0.05) is 24.9 Å². The summed E-state index contributed by atoms with van der Waals surface area (Å²) in [7, 11) is 0. The topological polar surface area (TPSA) is 276 Å². The molecule has 0 unspecified atom stereocenters. The van der Waals surface area contributed by atoms with Gasteiger partial charge in [-0.25, -0.2) is 0 Å². The van der Waals surface area contributed by atoms with Gasteiger partial charge < -0.3 is 89.0 Å². The Kier molecular flexibility index (Phi) is 13.3. The van der Waals surface area contributed by atoms with Crippen molar-refractivity contribution in [1.82, 2.24) is 0 Å². The molecule has 3 saturated carbocycles. The molecule has 10 N–H and O–H groups in total. The van der Waals surface area contributed by atoms with E-state index in [2.05, 4.69) is 26.8 Å². The summed E-state index contributed by atoms with van der Waals surface area (Å²) in [6.07, 6.45) is -12.3. The highest BCUT2D eigenvalue weighted by Gasteiger charge is 2.69. The summed E-state index contributed by atoms with van der Waals surface area (Å²) >= 11 is 0. The lowest BCUT2D eigenvalue weighted by molar-refractivity contribution is -0.375. The molecular formula is C45H72O18. The first-order valence-electron chi connectivity index (χ1n) is 23.5. The molecule has 9 rings (SSSR count). The minimum atomic E-state index is -1.71. The van der Waals surface area contributed by atoms with E-state index in [1.165, 1.54) is 12.5 Å². The number of hydrogen-bond donors (Lipinski definition) is 10. The third kappa shape index (κ3) is 7.90. The van der Waals surface area contributed by atoms with Crippen LogP contribution in [0.5, 0.6) is 0 Å². The molecule has 0 radical (unpaired) electrons. The average Bonchev–Trinajstić information content (AvgIpc) is 3.72. The summed E-state index contributed by atoms with van der Waals surface area (Å²) in [6.45, 7) is 8.24. The second-order valence-corrected chi connectivity index (χ2v) is 21.1. The lowest BCUT2D eigenvalue weighted by Crippen LogP contribution is -2.65. The molecule has 63 heavy (non-hydrogen) atoms. The average molecular weight is 901 g/mol. The third-order valence-electron chi connectivity index (χ3n) is 17.8. The van der Waals surface area contributed by atoms with Gasteiger partial charge in [0.2, 0.25) is 0 Å². The Morgan fingerprint density at radius 3 is 2.13 bits per heavy atom. The predicted octanol–water partition coefficient (Wildman–Crippen LogP) is -0.813. The van der Waals surface area contributed by atoms with Gasteiger partial charge in [-0.1, -0.05) is 32.4 Å². The van der Waals surface area contributed by atoms with E-state index in [0.29, 0.717) is 43.1 Å². The predicted molar refractivity (Wildman–Crippen MR) is 216 cm³/mol. The van der Waals surface area contributed by atoms with E-state index >= 15 is 0 Å². The Hall–Kier alpha value is -0.980. The fourth-order valence-electron chi connectivity index (χ4n) is 14.0. The van der Waals surface area contributed by atoms with Crippen molar-refractivity contribution in [2.45, 2.75) is 196 Å². The molecule has 18 heteroatoms. The summed E-state index contributed by atoms with van der Waals surface area (Å²) in [6, 6.07) is 0. The van der Waals surface area contributed by atoms with Gasteiger partial charge in [-0.3, -0.25) is 0 Å². The van der Waals surface area contributed by atoms with Crippen molar-refractivity contribution >= 4 is 0 Å². The van der Waals surface area contributed by atoms with Crippen LogP contribution in [0.15, 0.2) is 11.6 Å². The maximum Gasteiger partial charge on any atom is 0.187 e. The zero-order valence-corrected chi connectivity index (χ0v) is 36.8. The van der Waals surface area contributed by atoms with E-state index in [0.717, 1.165) is 44.9 Å². The summed E-state index contributed by atoms with van der Waals surface area (Å²) < 4.78 is 49.3. The second kappa shape index (κ2) is 17.8. The number of ether oxygens (including phenoxy) is 8. The molecule has 0 amide bonds. The molecular weight excluding hydrogens is 828 g/mol. The number of allylic oxidation sites excluding steroid dienone is 1. The number of fused-ring (bicyclic) bond motifs is 7. The molecule has 0 aromatic rings. The van der Waals surface area contributed by atoms with E-state index in [1.54, 1.807) is 0 Å². The van der Waals surface area contributed by atoms with Gasteiger partial charge in [-0.2, -0.15) is 0 Å². The molecule has 5 saturated heterocycles. The monoisotopic (exact) mass is 900 g/mol. The molecule has 5 heterocycles. The minimum Gasteiger partial charge on any atom is -0.396 e. The SMILES string of the molecule is C[C@@H]1O[C@@H](O[C@H]2[C@H](O[C@H]3CC[C@@]4(C)C(=CC[C@@H]5[C@H]6C[C@H]7O[C@@]8(CC[C@@H](CO)CO8)[C@H](C)[C@H]7[C@]6(C)CC[C@H]54)C3)O[C@H](CO[C@H]3O[C@@H](CO)[C@H](O)[C@H](O)[C@@H]3O)[C@@H](O)[C@H]2O)[C@H](O)[C@H](O)[C@@H]1O. The Labute approximate surface area is 368 Å². The van der Waals surface area contributed by atoms with Crippen molar-refractivity contribution in [3.63, 3.8) is 0 Å². The second-order valence-electron chi connectivity index (χ2n) is 21.1. The third-order valence-corrected chi connectivity index (χ3v) is 17.8. The maximum atomic E-state index is 11.6. The van der Waals surface area contributed by atoms with E-state index in [9.17, 15) is 51.1 Å². The number of hydrogen-bond acceptors (Lipinski definition) is 18. The van der Waals surface area contributed by atoms with Crippen molar-refractivity contribution in [1.29, 1.82) is 0 Å². The van der Waals surface area contributed by atoms with Crippen LogP contribution in [0.1, 0.15) is 85.5 Å². The number of rotatable bonds is 9. The van der Waals surface area contributed by atoms with Gasteiger partial charge in [-0.15, -0.1) is 0 Å². The first kappa shape index (κ1) is 47.1. The Bertz CT molecular complexity index is 1630. The fourth-order valence-corrected chi connectivity index (χ4v) is 14.0. The zero-order chi connectivity index (χ0) is 44.9. The molecule has 18 nitrogen and oxygen atoms in total. The summed E-state index contributed by atoms with van der Waals surface area (Å²) in [5.74, 6) is 1.81. The number of aliphatic hydroxyl groups is 10. The largest absolute Gasteiger partial charge is 0.396 e. The van der Waals surface area contributed by atoms with Crippen molar-refractivity contribution in [2.75, 3.05) is 26.4 Å². The van der Waals surface area contributed by atoms with Crippen molar-refractivity contribution in [3.05, 3.63) is 11.6 Å². The lowest BCUT2D eigenvalue weighted by Gasteiger charge is -2.58. The van der Waals surface area contributed by atoms with Crippen molar-refractivity contribution < 1.29 is 89.0 Å². The van der Waals surface area contributed by atoms with E-state index in [-0.39, 0.29) is 35.4 Å². The highest BCUT2D eigenvalue weighted by Crippen LogP contribution is 2.70. The lowest BCUT2D eigenvalue weighted by atomic mass is 9.47. The van der Waals surface area contributed by atoms with Crippen molar-refractivity contribution in [2.24, 2.45) is 46.3 Å². The Morgan fingerprint density at radius 1 is 0.698 bits per heavy atom. The first-order valence-corrected chi connectivity index (χ1v) is 23.5. The molecule has 0 aromatic carbocycles. The highest BCUT2D eigenvalue weighted by atomic mass is 16.8. The molecule has 0 bridgehead atoms. The van der Waals surface area contributed by atoms with Crippen LogP contribution in [0.25, 0.3) is 0 Å². The van der Waals surface area contributed by atoms with Crippen LogP contribution in [0.3, 0.4) is 0 Å². The molecule has 1 spiro atoms. The van der Waals surface area contributed by atoms with Crippen LogP contribution in [0.4, 0.5) is 0 Å². The van der Waals surface area contributed by atoms with E-state index in [1.807, 2.05) is 0 Å². The number of aliphatic hydroxyl groups excluding tert-OH is 10. The Balaban J connectivity index is 0.899. The quantitative estimate of drug-likeness (QED) is 0.127. The molecule has 8 fully saturated rings. The standard InChI is InChI=1S/C45H72O18/c1-19-30-27(63-45(19)12-7-21(15-46)17-57-45)14-26-24-6-5-22-13-23(8-10-43(22,3)25(24)9-11-44(26,30)4)59-42-39(62-41-38(55)34(51)31(48)20(2)58-41)36(53)33(50)29(61-42)18-56-40-37(54)35(52)32(49)28(16-47)60-40/h5,19-21,23-42,46-55H,6-18H2,1-4H3/t19-,20+,21+,23+,24+,25-,26-,27-,28+,29-,30-,31-,32+,33-,34-,35+,36-,37+,38-,39-,40+,41+,42-,43+,44-,45+/m1/s1. The van der Waals surface area contributed by atoms with Gasteiger partial charge in [0.1, 0.15) is 67.1 Å². The molecule has 0 aromatic heterocycles. The molecule has 5 aliphatic heterocycles. The normalized spacial score (nSPS) is 56.9. The van der Waals surface area contributed by atoms with Gasteiger partial charge in [-0.05, 0) is 92.8 Å². The zero-order valence-electron chi connectivity index (χ0n) is 36.8. The van der Waals surface area contributed by atoms with Gasteiger partial charge in [0.05, 0.1) is 38.1 Å². The summed E-state index contributed by atoms with van der Waals surface area (Å²) in [5, 5.41) is 105. The summed E-state index contributed by atoms with van der Waals surface area (Å²) in [5.41, 5.74) is 1.39. The molecule has 26 atom stereocenters. The van der Waals surface area contributed by atoms with Gasteiger partial charge in [0.25, 0.3) is 0 Å². The minimum absolute atomic E-state index is 0.0603. The maximum absolute atomic E-state index is 11.6. The van der Waals surface area contributed by atoms with Crippen LogP contribution in [0, 0.1) is 46.3 Å². The van der Waals surface area contributed by atoms with Crippen LogP contribution < -0.4 is 0 Å². The molecule has 360 valence electrons. The first-order chi connectivity index (χ1) is 29.9. The van der Waals surface area contributed by atoms with Crippen LogP contribution in [-0.4, -0.2) is 188 Å². The van der Waals surface area contributed by atoms with E-state index < -0.39 is 117 Å². The van der Waals surface area contributed by atoms with Gasteiger partial charge in [0.15, 0.2) is 24.7 Å². The van der Waals surface area contributed by atoms with Gasteiger partial charge >= 0.3 is 0 Å². The van der Waals surface area contributed by atoms with Crippen LogP contribution >= 0.6 is 0 Å². The van der Waals surface area contributed by atoms with Crippen LogP contribution in [-0.2, 0) is 37.9 Å². The van der Waals surface area contributed by atoms with Crippen molar-refractivity contribution in [3.8, 4) is 0 Å². The fraction of sp³-hybridized carbons (Fsp3) is 0.956.